The van der Waals surface area contributed by atoms with E-state index < -0.39 is 0 Å². The van der Waals surface area contributed by atoms with E-state index in [2.05, 4.69) is 32.3 Å². The van der Waals surface area contributed by atoms with Gasteiger partial charge in [0.25, 0.3) is 0 Å². The summed E-state index contributed by atoms with van der Waals surface area (Å²) < 4.78 is 2.82. The summed E-state index contributed by atoms with van der Waals surface area (Å²) in [7, 11) is 0.134. The van der Waals surface area contributed by atoms with E-state index in [1.807, 2.05) is 0 Å². The molecule has 1 aliphatic rings. The van der Waals surface area contributed by atoms with E-state index >= 15 is 0 Å². The van der Waals surface area contributed by atoms with Gasteiger partial charge in [0.15, 0.2) is 0 Å². The molecule has 1 rings (SSSR count). The van der Waals surface area contributed by atoms with Crippen molar-refractivity contribution >= 4 is 18.5 Å². The van der Waals surface area contributed by atoms with Crippen LogP contribution in [0.1, 0.15) is 27.7 Å². The first kappa shape index (κ1) is 9.48. The average Bonchev–Trinajstić information content (AvgIpc) is 1.75. The Morgan fingerprint density at radius 1 is 1.09 bits per heavy atom. The Kier molecular flexibility index (Phi) is 3.34. The molecule has 0 aliphatic carbocycles. The molecule has 1 aliphatic heterocycles. The van der Waals surface area contributed by atoms with Crippen molar-refractivity contribution in [3.63, 3.8) is 0 Å². The Bertz CT molecular complexity index is 113. The van der Waals surface area contributed by atoms with Crippen molar-refractivity contribution in [2.24, 2.45) is 0 Å². The van der Waals surface area contributed by atoms with Gasteiger partial charge in [-0.25, -0.2) is 0 Å². The summed E-state index contributed by atoms with van der Waals surface area (Å²) in [4.78, 5) is 0. The van der Waals surface area contributed by atoms with E-state index in [0.717, 1.165) is 12.1 Å². The summed E-state index contributed by atoms with van der Waals surface area (Å²) in [5.41, 5.74) is 3.41. The van der Waals surface area contributed by atoms with Gasteiger partial charge >= 0.3 is 0 Å². The Labute approximate surface area is 74.7 Å². The third kappa shape index (κ3) is 2.16. The summed E-state index contributed by atoms with van der Waals surface area (Å²) in [6.45, 7) is 9.42. The quantitative estimate of drug-likeness (QED) is 0.594. The molecule has 0 aromatic carbocycles. The van der Waals surface area contributed by atoms with Crippen LogP contribution in [0.3, 0.4) is 0 Å². The zero-order valence-electron chi connectivity index (χ0n) is 8.30. The highest BCUT2D eigenvalue weighted by Gasteiger charge is 2.30. The van der Waals surface area contributed by atoms with E-state index in [-0.39, 0.29) is 8.96 Å². The summed E-state index contributed by atoms with van der Waals surface area (Å²) in [5.74, 6) is 0. The van der Waals surface area contributed by atoms with E-state index in [1.54, 1.807) is 11.3 Å². The lowest BCUT2D eigenvalue weighted by atomic mass is 10.3. The smallest absolute Gasteiger partial charge is 0.106 e. The molecule has 1 nitrogen and oxygen atoms in total. The second-order valence-electron chi connectivity index (χ2n) is 4.22. The van der Waals surface area contributed by atoms with Crippen molar-refractivity contribution < 1.29 is 0 Å². The monoisotopic (exact) mass is 187 g/mol. The van der Waals surface area contributed by atoms with Gasteiger partial charge in [0, 0.05) is 9.52 Å². The number of hydrogen-bond acceptors (Lipinski definition) is 1. The lowest BCUT2D eigenvalue weighted by Crippen LogP contribution is -2.53. The molecule has 0 spiro atoms. The lowest BCUT2D eigenvalue weighted by Gasteiger charge is -2.41. The number of hydrogen-bond donors (Lipinski definition) is 0. The van der Waals surface area contributed by atoms with Gasteiger partial charge in [-0.3, -0.25) is 0 Å². The van der Waals surface area contributed by atoms with Gasteiger partial charge in [0.1, 0.15) is 8.96 Å². The van der Waals surface area contributed by atoms with Gasteiger partial charge in [0.05, 0.1) is 0 Å². The molecule has 0 N–H and O–H groups in total. The maximum atomic E-state index is 2.82. The zero-order chi connectivity index (χ0) is 8.43. The van der Waals surface area contributed by atoms with Crippen LogP contribution in [0.4, 0.5) is 0 Å². The van der Waals surface area contributed by atoms with Crippen LogP contribution in [0.25, 0.3) is 0 Å². The van der Waals surface area contributed by atoms with Crippen molar-refractivity contribution in [2.45, 2.75) is 51.1 Å². The van der Waals surface area contributed by atoms with Crippen LogP contribution >= 0.6 is 0 Å². The molecule has 1 heterocycles. The maximum Gasteiger partial charge on any atom is 0.106 e. The van der Waals surface area contributed by atoms with Gasteiger partial charge in [-0.1, -0.05) is 39.0 Å². The first-order valence-electron chi connectivity index (χ1n) is 4.90. The van der Waals surface area contributed by atoms with Crippen LogP contribution in [0.5, 0.6) is 0 Å². The Morgan fingerprint density at radius 3 is 1.64 bits per heavy atom. The molecule has 1 saturated heterocycles. The van der Waals surface area contributed by atoms with Crippen molar-refractivity contribution in [1.82, 2.24) is 4.57 Å². The standard InChI is InChI=1S/C8H21NSi2/c1-7(2)9(8(3)4)11-5-10-6-11/h7-8,11H,5-6,10H2,1-4H3. The van der Waals surface area contributed by atoms with Gasteiger partial charge in [-0.2, -0.15) is 0 Å². The van der Waals surface area contributed by atoms with Crippen LogP contribution in [0, 0.1) is 0 Å². The van der Waals surface area contributed by atoms with E-state index in [1.165, 1.54) is 0 Å². The fourth-order valence-corrected chi connectivity index (χ4v) is 9.29. The normalized spacial score (nSPS) is 27.0. The van der Waals surface area contributed by atoms with Gasteiger partial charge in [-0.05, 0) is 12.1 Å². The summed E-state index contributed by atoms with van der Waals surface area (Å²) in [6, 6.07) is 1.61. The zero-order valence-corrected chi connectivity index (χ0v) is 10.9. The Hall–Kier alpha value is 0.394. The predicted molar refractivity (Wildman–Crippen MR) is 57.4 cm³/mol. The molecule has 0 saturated carbocycles. The van der Waals surface area contributed by atoms with E-state index in [9.17, 15) is 0 Å². The van der Waals surface area contributed by atoms with Crippen LogP contribution in [-0.4, -0.2) is 35.1 Å². The molecular weight excluding hydrogens is 166 g/mol. The molecule has 0 bridgehead atoms. The van der Waals surface area contributed by atoms with Crippen molar-refractivity contribution in [1.29, 1.82) is 0 Å². The molecule has 66 valence electrons. The first-order valence-corrected chi connectivity index (χ1v) is 9.05. The van der Waals surface area contributed by atoms with Crippen LogP contribution in [0.15, 0.2) is 0 Å². The van der Waals surface area contributed by atoms with E-state index in [0.29, 0.717) is 9.52 Å². The summed E-state index contributed by atoms with van der Waals surface area (Å²) >= 11 is 0. The highest BCUT2D eigenvalue weighted by Crippen LogP contribution is 2.20. The minimum absolute atomic E-state index is 0.336. The predicted octanol–water partition coefficient (Wildman–Crippen LogP) is 0.926. The lowest BCUT2D eigenvalue weighted by molar-refractivity contribution is 0.302. The van der Waals surface area contributed by atoms with Crippen molar-refractivity contribution in [3.8, 4) is 0 Å². The highest BCUT2D eigenvalue weighted by atomic mass is 28.4. The SMILES string of the molecule is CC(C)N(C(C)C)[SiH]1C[SiH2]C1. The third-order valence-corrected chi connectivity index (χ3v) is 13.3. The molecule has 1 fully saturated rings. The topological polar surface area (TPSA) is 3.24 Å². The minimum Gasteiger partial charge on any atom is -0.322 e. The molecule has 11 heavy (non-hydrogen) atoms. The van der Waals surface area contributed by atoms with Crippen LogP contribution in [-0.2, 0) is 0 Å². The maximum absolute atomic E-state index is 2.82. The molecule has 0 unspecified atom stereocenters. The molecule has 3 heteroatoms. The average molecular weight is 187 g/mol. The van der Waals surface area contributed by atoms with Gasteiger partial charge < -0.3 is 4.57 Å². The summed E-state index contributed by atoms with van der Waals surface area (Å²) in [6.07, 6.45) is 0. The highest BCUT2D eigenvalue weighted by molar-refractivity contribution is 6.84. The molecule has 0 radical (unpaired) electrons. The fraction of sp³-hybridized carbons (Fsp3) is 1.00. The Morgan fingerprint density at radius 2 is 1.55 bits per heavy atom. The van der Waals surface area contributed by atoms with Crippen molar-refractivity contribution in [2.75, 3.05) is 0 Å². The molecule has 0 atom stereocenters. The second-order valence-corrected chi connectivity index (χ2v) is 11.4. The van der Waals surface area contributed by atoms with Crippen LogP contribution in [0.2, 0.25) is 11.3 Å². The van der Waals surface area contributed by atoms with Gasteiger partial charge in [0.2, 0.25) is 0 Å². The van der Waals surface area contributed by atoms with Gasteiger partial charge in [-0.15, -0.1) is 0 Å². The second kappa shape index (κ2) is 3.87. The Balaban J connectivity index is 2.44. The van der Waals surface area contributed by atoms with Crippen LogP contribution < -0.4 is 0 Å². The molecule has 0 amide bonds. The number of rotatable bonds is 3. The largest absolute Gasteiger partial charge is 0.322 e. The molecular formula is C8H21NSi2. The minimum atomic E-state index is -0.336. The fourth-order valence-electron chi connectivity index (χ4n) is 2.12. The summed E-state index contributed by atoms with van der Waals surface area (Å²) in [5, 5.41) is 0. The van der Waals surface area contributed by atoms with E-state index in [4.69, 9.17) is 0 Å². The number of nitrogens with zero attached hydrogens (tertiary/aromatic N) is 1. The van der Waals surface area contributed by atoms with Crippen molar-refractivity contribution in [3.05, 3.63) is 0 Å². The first-order chi connectivity index (χ1) is 5.13. The third-order valence-electron chi connectivity index (χ3n) is 2.69. The molecule has 0 aromatic rings. The molecule has 0 aromatic heterocycles.